The predicted molar refractivity (Wildman–Crippen MR) is 159 cm³/mol. The molecule has 1 aromatic carbocycles. The van der Waals surface area contributed by atoms with Crippen LogP contribution in [0.15, 0.2) is 30.3 Å². The molecule has 0 saturated heterocycles. The third kappa shape index (κ3) is 13.3. The SMILES string of the molecule is CC(C)C[C@H](NC(=O)[C@@H](NC(=O)OC(C)(C)C)C(N)=O)C(O)CC(C)C(=O)N[C@H](C(=O)NCc1ccccc1)C(C)C. The van der Waals surface area contributed by atoms with Crippen molar-refractivity contribution in [1.29, 1.82) is 0 Å². The molecule has 0 aliphatic rings. The lowest BCUT2D eigenvalue weighted by molar-refractivity contribution is -0.133. The molecule has 0 heterocycles. The summed E-state index contributed by atoms with van der Waals surface area (Å²) in [5.41, 5.74) is 5.41. The van der Waals surface area contributed by atoms with Gasteiger partial charge in [-0.15, -0.1) is 0 Å². The van der Waals surface area contributed by atoms with Gasteiger partial charge in [-0.2, -0.15) is 0 Å². The molecule has 0 aliphatic heterocycles. The van der Waals surface area contributed by atoms with Gasteiger partial charge in [-0.1, -0.05) is 65.0 Å². The summed E-state index contributed by atoms with van der Waals surface area (Å²) >= 11 is 0. The molecule has 0 aliphatic carbocycles. The van der Waals surface area contributed by atoms with Crippen molar-refractivity contribution in [2.75, 3.05) is 0 Å². The molecule has 0 radical (unpaired) electrons. The van der Waals surface area contributed by atoms with Crippen LogP contribution in [0.1, 0.15) is 73.8 Å². The second-order valence-electron chi connectivity index (χ2n) is 12.4. The maximum absolute atomic E-state index is 13.1. The molecule has 2 unspecified atom stereocenters. The van der Waals surface area contributed by atoms with Crippen LogP contribution in [0.25, 0.3) is 0 Å². The number of benzene rings is 1. The highest BCUT2D eigenvalue weighted by molar-refractivity contribution is 6.05. The Kier molecular flexibility index (Phi) is 14.4. The van der Waals surface area contributed by atoms with Gasteiger partial charge >= 0.3 is 6.09 Å². The van der Waals surface area contributed by atoms with Crippen LogP contribution in [0.4, 0.5) is 4.79 Å². The van der Waals surface area contributed by atoms with Crippen molar-refractivity contribution >= 4 is 29.7 Å². The molecule has 42 heavy (non-hydrogen) atoms. The number of nitrogens with two attached hydrogens (primary N) is 1. The van der Waals surface area contributed by atoms with Crippen molar-refractivity contribution in [1.82, 2.24) is 21.3 Å². The summed E-state index contributed by atoms with van der Waals surface area (Å²) in [7, 11) is 0. The van der Waals surface area contributed by atoms with Gasteiger partial charge in [0, 0.05) is 12.5 Å². The number of ether oxygens (including phenoxy) is 1. The number of nitrogens with one attached hydrogen (secondary N) is 4. The highest BCUT2D eigenvalue weighted by Gasteiger charge is 2.34. The number of hydrogen-bond donors (Lipinski definition) is 6. The highest BCUT2D eigenvalue weighted by atomic mass is 16.6. The first kappa shape index (κ1) is 36.4. The number of primary amides is 1. The van der Waals surface area contributed by atoms with E-state index in [0.29, 0.717) is 13.0 Å². The largest absolute Gasteiger partial charge is 0.444 e. The van der Waals surface area contributed by atoms with E-state index in [9.17, 15) is 29.1 Å². The van der Waals surface area contributed by atoms with Crippen LogP contribution in [-0.2, 0) is 30.5 Å². The molecule has 5 atom stereocenters. The Morgan fingerprint density at radius 3 is 1.95 bits per heavy atom. The zero-order valence-corrected chi connectivity index (χ0v) is 26.0. The maximum atomic E-state index is 13.1. The number of carbonyl (C=O) groups is 5. The minimum absolute atomic E-state index is 0.0264. The lowest BCUT2D eigenvalue weighted by Crippen LogP contribution is -2.58. The summed E-state index contributed by atoms with van der Waals surface area (Å²) in [5, 5.41) is 21.4. The van der Waals surface area contributed by atoms with Gasteiger partial charge in [0.25, 0.3) is 5.91 Å². The van der Waals surface area contributed by atoms with Crippen LogP contribution in [-0.4, -0.2) is 64.7 Å². The lowest BCUT2D eigenvalue weighted by atomic mass is 9.91. The van der Waals surface area contributed by atoms with Crippen molar-refractivity contribution < 1.29 is 33.8 Å². The summed E-state index contributed by atoms with van der Waals surface area (Å²) in [6.07, 6.45) is -1.91. The quantitative estimate of drug-likeness (QED) is 0.167. The Bertz CT molecular complexity index is 1060. The van der Waals surface area contributed by atoms with Gasteiger partial charge in [-0.25, -0.2) is 4.79 Å². The van der Waals surface area contributed by atoms with Crippen LogP contribution < -0.4 is 27.0 Å². The molecular formula is C30H49N5O7. The monoisotopic (exact) mass is 591 g/mol. The molecule has 0 saturated carbocycles. The van der Waals surface area contributed by atoms with Gasteiger partial charge in [0.05, 0.1) is 12.1 Å². The minimum atomic E-state index is -1.73. The first-order chi connectivity index (χ1) is 19.4. The zero-order valence-electron chi connectivity index (χ0n) is 26.0. The van der Waals surface area contributed by atoms with E-state index in [1.165, 1.54) is 0 Å². The first-order valence-corrected chi connectivity index (χ1v) is 14.3. The van der Waals surface area contributed by atoms with Gasteiger partial charge in [-0.3, -0.25) is 19.2 Å². The highest BCUT2D eigenvalue weighted by Crippen LogP contribution is 2.17. The number of hydrogen-bond acceptors (Lipinski definition) is 7. The van der Waals surface area contributed by atoms with Crippen LogP contribution in [0.3, 0.4) is 0 Å². The lowest BCUT2D eigenvalue weighted by Gasteiger charge is -2.30. The zero-order chi connectivity index (χ0) is 32.2. The molecule has 0 bridgehead atoms. The number of rotatable bonds is 15. The summed E-state index contributed by atoms with van der Waals surface area (Å²) in [4.78, 5) is 63.0. The third-order valence-electron chi connectivity index (χ3n) is 6.32. The van der Waals surface area contributed by atoms with E-state index in [2.05, 4.69) is 21.3 Å². The molecule has 0 spiro atoms. The van der Waals surface area contributed by atoms with Crippen LogP contribution >= 0.6 is 0 Å². The molecule has 236 valence electrons. The Hall–Kier alpha value is -3.67. The predicted octanol–water partition coefficient (Wildman–Crippen LogP) is 1.74. The molecule has 0 aromatic heterocycles. The fraction of sp³-hybridized carbons (Fsp3) is 0.633. The van der Waals surface area contributed by atoms with Gasteiger partial charge in [-0.05, 0) is 51.0 Å². The van der Waals surface area contributed by atoms with E-state index >= 15 is 0 Å². The molecule has 5 amide bonds. The van der Waals surface area contributed by atoms with Crippen molar-refractivity contribution in [3.8, 4) is 0 Å². The van der Waals surface area contributed by atoms with E-state index in [4.69, 9.17) is 10.5 Å². The fourth-order valence-electron chi connectivity index (χ4n) is 4.14. The van der Waals surface area contributed by atoms with E-state index in [1.807, 2.05) is 58.0 Å². The molecule has 12 nitrogen and oxygen atoms in total. The van der Waals surface area contributed by atoms with Gasteiger partial charge in [0.15, 0.2) is 6.04 Å². The van der Waals surface area contributed by atoms with E-state index in [0.717, 1.165) is 5.56 Å². The van der Waals surface area contributed by atoms with E-state index < -0.39 is 59.6 Å². The summed E-state index contributed by atoms with van der Waals surface area (Å²) in [6, 6.07) is 6.02. The van der Waals surface area contributed by atoms with E-state index in [1.54, 1.807) is 27.7 Å². The molecule has 1 aromatic rings. The van der Waals surface area contributed by atoms with Gasteiger partial charge in [0.1, 0.15) is 11.6 Å². The number of alkyl carbamates (subject to hydrolysis) is 1. The Morgan fingerprint density at radius 1 is 0.857 bits per heavy atom. The van der Waals surface area contributed by atoms with Crippen molar-refractivity contribution in [2.45, 2.75) is 105 Å². The molecule has 12 heteroatoms. The standard InChI is InChI=1S/C30H49N5O7/c1-17(2)14-21(33-28(40)24(25(31)37)35-29(41)42-30(6,7)8)22(36)15-19(5)26(38)34-23(18(3)4)27(39)32-16-20-12-10-9-11-13-20/h9-13,17-19,21-24,36H,14-16H2,1-8H3,(H2,31,37)(H,32,39)(H,33,40)(H,34,38)(H,35,41)/t19?,21-,22?,23-,24-/m0/s1. The van der Waals surface area contributed by atoms with Crippen LogP contribution in [0.2, 0.25) is 0 Å². The molecule has 1 rings (SSSR count). The normalized spacial score (nSPS) is 15.1. The minimum Gasteiger partial charge on any atom is -0.444 e. The summed E-state index contributed by atoms with van der Waals surface area (Å²) < 4.78 is 5.11. The summed E-state index contributed by atoms with van der Waals surface area (Å²) in [5.74, 6) is -3.66. The molecule has 7 N–H and O–H groups in total. The Labute approximate surface area is 248 Å². The number of carbonyl (C=O) groups excluding carboxylic acids is 5. The van der Waals surface area contributed by atoms with E-state index in [-0.39, 0.29) is 24.2 Å². The number of amides is 5. The van der Waals surface area contributed by atoms with Crippen LogP contribution in [0, 0.1) is 17.8 Å². The second kappa shape index (κ2) is 16.7. The Balaban J connectivity index is 2.88. The first-order valence-electron chi connectivity index (χ1n) is 14.3. The average Bonchev–Trinajstić information content (AvgIpc) is 2.87. The second-order valence-corrected chi connectivity index (χ2v) is 12.4. The third-order valence-corrected chi connectivity index (χ3v) is 6.32. The topological polar surface area (TPSA) is 189 Å². The fourth-order valence-corrected chi connectivity index (χ4v) is 4.14. The smallest absolute Gasteiger partial charge is 0.408 e. The Morgan fingerprint density at radius 2 is 1.45 bits per heavy atom. The summed E-state index contributed by atoms with van der Waals surface area (Å²) in [6.45, 7) is 14.2. The average molecular weight is 592 g/mol. The number of aliphatic hydroxyl groups excluding tert-OH is 1. The van der Waals surface area contributed by atoms with Gasteiger partial charge in [0.2, 0.25) is 17.7 Å². The van der Waals surface area contributed by atoms with Crippen molar-refractivity contribution in [3.05, 3.63) is 35.9 Å². The maximum Gasteiger partial charge on any atom is 0.408 e. The van der Waals surface area contributed by atoms with Crippen molar-refractivity contribution in [2.24, 2.45) is 23.5 Å². The molecular weight excluding hydrogens is 542 g/mol. The molecule has 0 fully saturated rings. The number of aliphatic hydroxyl groups is 1. The van der Waals surface area contributed by atoms with Gasteiger partial charge < -0.3 is 36.8 Å². The van der Waals surface area contributed by atoms with Crippen LogP contribution in [0.5, 0.6) is 0 Å². The van der Waals surface area contributed by atoms with Crippen molar-refractivity contribution in [3.63, 3.8) is 0 Å².